The number of hydrogen-bond donors (Lipinski definition) is 1. The molecular formula is C27H33N5O. The predicted molar refractivity (Wildman–Crippen MR) is 132 cm³/mol. The van der Waals surface area contributed by atoms with Gasteiger partial charge in [0, 0.05) is 47.9 Å². The number of aryl methyl sites for hydroxylation is 1. The minimum Gasteiger partial charge on any atom is -0.361 e. The maximum Gasteiger partial charge on any atom is 0.228 e. The lowest BCUT2D eigenvalue weighted by atomic mass is 9.94. The number of nitrogens with zero attached hydrogens (tertiary/aromatic N) is 4. The Balaban J connectivity index is 1.34. The zero-order valence-electron chi connectivity index (χ0n) is 19.7. The van der Waals surface area contributed by atoms with Crippen molar-refractivity contribution in [3.63, 3.8) is 0 Å². The van der Waals surface area contributed by atoms with Crippen LogP contribution in [0.15, 0.2) is 42.6 Å². The van der Waals surface area contributed by atoms with Gasteiger partial charge < -0.3 is 4.98 Å². The van der Waals surface area contributed by atoms with Crippen LogP contribution in [0.4, 0.5) is 5.82 Å². The Labute approximate surface area is 195 Å². The zero-order chi connectivity index (χ0) is 22.8. The number of allylic oxidation sites excluding steroid dienone is 2. The summed E-state index contributed by atoms with van der Waals surface area (Å²) in [6, 6.07) is 8.32. The highest BCUT2D eigenvalue weighted by atomic mass is 16.2. The van der Waals surface area contributed by atoms with E-state index in [2.05, 4.69) is 60.4 Å². The van der Waals surface area contributed by atoms with E-state index in [0.717, 1.165) is 54.2 Å². The van der Waals surface area contributed by atoms with E-state index in [1.807, 2.05) is 11.0 Å². The number of carbonyl (C=O) groups is 1. The molecule has 0 spiro atoms. The second-order valence-electron chi connectivity index (χ2n) is 9.53. The van der Waals surface area contributed by atoms with Crippen LogP contribution in [0, 0.1) is 12.8 Å². The van der Waals surface area contributed by atoms with Crippen molar-refractivity contribution in [3.8, 4) is 0 Å². The lowest BCUT2D eigenvalue weighted by molar-refractivity contribution is -0.118. The quantitative estimate of drug-likeness (QED) is 0.543. The third-order valence-corrected chi connectivity index (χ3v) is 7.02. The fraction of sp³-hybridized carbons (Fsp3) is 0.444. The highest BCUT2D eigenvalue weighted by Gasteiger charge is 2.28. The van der Waals surface area contributed by atoms with Crippen molar-refractivity contribution in [2.75, 3.05) is 25.0 Å². The molecule has 2 aliphatic rings. The van der Waals surface area contributed by atoms with Crippen molar-refractivity contribution in [2.24, 2.45) is 5.92 Å². The first kappa shape index (κ1) is 21.8. The van der Waals surface area contributed by atoms with Crippen LogP contribution in [0.2, 0.25) is 0 Å². The lowest BCUT2D eigenvalue weighted by Gasteiger charge is -2.30. The van der Waals surface area contributed by atoms with Crippen LogP contribution in [-0.4, -0.2) is 45.9 Å². The molecule has 1 N–H and O–H groups in total. The summed E-state index contributed by atoms with van der Waals surface area (Å²) in [6.07, 6.45) is 12.3. The summed E-state index contributed by atoms with van der Waals surface area (Å²) in [5.74, 6) is 2.50. The summed E-state index contributed by atoms with van der Waals surface area (Å²) in [6.45, 7) is 4.45. The lowest BCUT2D eigenvalue weighted by Crippen LogP contribution is -2.38. The Morgan fingerprint density at radius 2 is 2.06 bits per heavy atom. The van der Waals surface area contributed by atoms with E-state index < -0.39 is 0 Å². The number of benzene rings is 1. The molecule has 0 saturated heterocycles. The first-order valence-corrected chi connectivity index (χ1v) is 12.1. The van der Waals surface area contributed by atoms with Gasteiger partial charge in [-0.25, -0.2) is 9.97 Å². The van der Waals surface area contributed by atoms with Crippen molar-refractivity contribution in [3.05, 3.63) is 65.3 Å². The normalized spacial score (nSPS) is 18.3. The SMILES string of the molecule is Cc1nc(CN(C)C[C@H]2CC=CCC2)nc2c1CCC(=O)N2CCc1c[nH]c2ccccc12. The average molecular weight is 444 g/mol. The maximum absolute atomic E-state index is 12.9. The molecule has 1 aliphatic carbocycles. The van der Waals surface area contributed by atoms with E-state index in [9.17, 15) is 4.79 Å². The van der Waals surface area contributed by atoms with Gasteiger partial charge in [-0.2, -0.15) is 0 Å². The fourth-order valence-corrected chi connectivity index (χ4v) is 5.28. The molecule has 172 valence electrons. The van der Waals surface area contributed by atoms with Crippen molar-refractivity contribution in [1.29, 1.82) is 0 Å². The van der Waals surface area contributed by atoms with Gasteiger partial charge in [0.05, 0.1) is 6.54 Å². The van der Waals surface area contributed by atoms with Crippen LogP contribution in [0.5, 0.6) is 0 Å². The van der Waals surface area contributed by atoms with Gasteiger partial charge in [0.1, 0.15) is 11.6 Å². The van der Waals surface area contributed by atoms with Gasteiger partial charge in [0.2, 0.25) is 5.91 Å². The Bertz CT molecular complexity index is 1180. The number of rotatable bonds is 7. The van der Waals surface area contributed by atoms with Crippen LogP contribution >= 0.6 is 0 Å². The molecule has 0 radical (unpaired) electrons. The monoisotopic (exact) mass is 443 g/mol. The number of carbonyl (C=O) groups excluding carboxylic acids is 1. The summed E-state index contributed by atoms with van der Waals surface area (Å²) in [7, 11) is 2.15. The molecule has 1 atom stereocenters. The Kier molecular flexibility index (Phi) is 6.27. The highest BCUT2D eigenvalue weighted by molar-refractivity contribution is 5.95. The third kappa shape index (κ3) is 4.71. The molecule has 6 heteroatoms. The van der Waals surface area contributed by atoms with E-state index in [1.54, 1.807) is 0 Å². The second-order valence-corrected chi connectivity index (χ2v) is 9.53. The summed E-state index contributed by atoms with van der Waals surface area (Å²) in [5, 5.41) is 1.22. The number of aromatic amines is 1. The van der Waals surface area contributed by atoms with Crippen LogP contribution in [-0.2, 0) is 24.2 Å². The minimum absolute atomic E-state index is 0.161. The van der Waals surface area contributed by atoms with Gasteiger partial charge in [-0.05, 0) is 63.6 Å². The van der Waals surface area contributed by atoms with Crippen LogP contribution < -0.4 is 4.90 Å². The maximum atomic E-state index is 12.9. The van der Waals surface area contributed by atoms with Crippen molar-refractivity contribution < 1.29 is 4.79 Å². The van der Waals surface area contributed by atoms with Gasteiger partial charge in [-0.1, -0.05) is 30.4 Å². The molecule has 1 aromatic carbocycles. The molecule has 5 rings (SSSR count). The highest BCUT2D eigenvalue weighted by Crippen LogP contribution is 2.29. The van der Waals surface area contributed by atoms with Crippen molar-refractivity contribution in [1.82, 2.24) is 19.9 Å². The molecule has 1 amide bonds. The van der Waals surface area contributed by atoms with Gasteiger partial charge in [-0.15, -0.1) is 0 Å². The van der Waals surface area contributed by atoms with E-state index in [-0.39, 0.29) is 5.91 Å². The van der Waals surface area contributed by atoms with Crippen molar-refractivity contribution >= 4 is 22.6 Å². The largest absolute Gasteiger partial charge is 0.361 e. The van der Waals surface area contributed by atoms with Gasteiger partial charge >= 0.3 is 0 Å². The third-order valence-electron chi connectivity index (χ3n) is 7.02. The van der Waals surface area contributed by atoms with E-state index in [1.165, 1.54) is 23.8 Å². The summed E-state index contributed by atoms with van der Waals surface area (Å²) in [4.78, 5) is 30.2. The van der Waals surface area contributed by atoms with E-state index >= 15 is 0 Å². The number of nitrogens with one attached hydrogen (secondary N) is 1. The molecule has 1 aliphatic heterocycles. The van der Waals surface area contributed by atoms with Crippen LogP contribution in [0.1, 0.15) is 48.3 Å². The van der Waals surface area contributed by atoms with Gasteiger partial charge in [0.25, 0.3) is 0 Å². The number of amides is 1. The smallest absolute Gasteiger partial charge is 0.228 e. The second kappa shape index (κ2) is 9.48. The Morgan fingerprint density at radius 3 is 2.91 bits per heavy atom. The summed E-state index contributed by atoms with van der Waals surface area (Å²) >= 11 is 0. The molecule has 2 aromatic heterocycles. The first-order valence-electron chi connectivity index (χ1n) is 12.1. The molecule has 6 nitrogen and oxygen atoms in total. The Morgan fingerprint density at radius 1 is 1.18 bits per heavy atom. The predicted octanol–water partition coefficient (Wildman–Crippen LogP) is 4.58. The number of anilines is 1. The number of H-pyrrole nitrogens is 1. The number of aromatic nitrogens is 3. The van der Waals surface area contributed by atoms with Crippen LogP contribution in [0.3, 0.4) is 0 Å². The van der Waals surface area contributed by atoms with Crippen molar-refractivity contribution in [2.45, 2.75) is 52.0 Å². The molecule has 3 aromatic rings. The molecule has 33 heavy (non-hydrogen) atoms. The molecule has 0 bridgehead atoms. The van der Waals surface area contributed by atoms with E-state index in [4.69, 9.17) is 9.97 Å². The number of para-hydroxylation sites is 1. The van der Waals surface area contributed by atoms with E-state index in [0.29, 0.717) is 25.4 Å². The molecular weight excluding hydrogens is 410 g/mol. The fourth-order valence-electron chi connectivity index (χ4n) is 5.28. The number of fused-ring (bicyclic) bond motifs is 2. The minimum atomic E-state index is 0.161. The van der Waals surface area contributed by atoms with Gasteiger partial charge in [0.15, 0.2) is 0 Å². The number of hydrogen-bond acceptors (Lipinski definition) is 4. The average Bonchev–Trinajstić information content (AvgIpc) is 3.22. The Hall–Kier alpha value is -2.99. The molecule has 0 fully saturated rings. The molecule has 3 heterocycles. The first-order chi connectivity index (χ1) is 16.1. The topological polar surface area (TPSA) is 65.1 Å². The summed E-state index contributed by atoms with van der Waals surface area (Å²) < 4.78 is 0. The molecule has 0 saturated carbocycles. The van der Waals surface area contributed by atoms with Gasteiger partial charge in [-0.3, -0.25) is 14.6 Å². The van der Waals surface area contributed by atoms with Crippen LogP contribution in [0.25, 0.3) is 10.9 Å². The summed E-state index contributed by atoms with van der Waals surface area (Å²) in [5.41, 5.74) is 4.50. The molecule has 0 unspecified atom stereocenters. The standard InChI is InChI=1S/C27H33N5O/c1-19-22-12-13-26(33)32(15-14-21-16-28-24-11-7-6-10-23(21)24)27(22)30-25(29-19)18-31(2)17-20-8-4-3-5-9-20/h3-4,6-7,10-11,16,20,28H,5,8-9,12-15,17-18H2,1-2H3/t20-/m0/s1. The zero-order valence-corrected chi connectivity index (χ0v) is 19.7.